The van der Waals surface area contributed by atoms with Crippen molar-refractivity contribution < 1.29 is 13.2 Å². The van der Waals surface area contributed by atoms with Crippen molar-refractivity contribution in [1.29, 1.82) is 0 Å². The molecule has 1 fully saturated rings. The molecule has 2 N–H and O–H groups in total. The topological polar surface area (TPSA) is 49.3 Å². The van der Waals surface area contributed by atoms with Gasteiger partial charge in [-0.25, -0.2) is 4.98 Å². The van der Waals surface area contributed by atoms with Crippen LogP contribution in [0.3, 0.4) is 0 Å². The highest BCUT2D eigenvalue weighted by Crippen LogP contribution is 2.30. The molecule has 2 rings (SSSR count). The highest BCUT2D eigenvalue weighted by molar-refractivity contribution is 14.0. The molecule has 0 aromatic carbocycles. The molecule has 0 spiro atoms. The summed E-state index contributed by atoms with van der Waals surface area (Å²) in [6.45, 7) is 3.17. The summed E-state index contributed by atoms with van der Waals surface area (Å²) in [6.07, 6.45) is 0.809. The van der Waals surface area contributed by atoms with Crippen LogP contribution in [0, 0.1) is 0 Å². The third-order valence-corrected chi connectivity index (χ3v) is 4.39. The summed E-state index contributed by atoms with van der Waals surface area (Å²) in [4.78, 5) is 8.03. The normalized spacial score (nSPS) is 16.3. The maximum absolute atomic E-state index is 12.5. The highest BCUT2D eigenvalue weighted by Gasteiger charge is 2.33. The van der Waals surface area contributed by atoms with Crippen molar-refractivity contribution in [3.8, 4) is 0 Å². The van der Waals surface area contributed by atoms with Crippen LogP contribution in [0.15, 0.2) is 10.4 Å². The Morgan fingerprint density at radius 3 is 2.65 bits per heavy atom. The van der Waals surface area contributed by atoms with Crippen molar-refractivity contribution in [3.63, 3.8) is 0 Å². The average Bonchev–Trinajstić information content (AvgIpc) is 3.09. The largest absolute Gasteiger partial charge is 0.434 e. The van der Waals surface area contributed by atoms with Gasteiger partial charge in [-0.2, -0.15) is 13.2 Å². The van der Waals surface area contributed by atoms with Gasteiger partial charge in [0.25, 0.3) is 0 Å². The maximum Gasteiger partial charge on any atom is 0.434 e. The summed E-state index contributed by atoms with van der Waals surface area (Å²) in [6, 6.07) is 0.453. The Bertz CT molecular complexity index is 498. The lowest BCUT2D eigenvalue weighted by atomic mass is 10.2. The van der Waals surface area contributed by atoms with E-state index in [-0.39, 0.29) is 24.0 Å². The minimum atomic E-state index is -4.36. The molecule has 0 unspecified atom stereocenters. The number of thiazole rings is 1. The van der Waals surface area contributed by atoms with Crippen molar-refractivity contribution in [2.24, 2.45) is 4.99 Å². The Labute approximate surface area is 155 Å². The van der Waals surface area contributed by atoms with Gasteiger partial charge in [0.15, 0.2) is 11.7 Å². The summed E-state index contributed by atoms with van der Waals surface area (Å²) in [7, 11) is 0. The van der Waals surface area contributed by atoms with E-state index in [2.05, 4.69) is 20.6 Å². The smallest absolute Gasteiger partial charge is 0.357 e. The molecule has 132 valence electrons. The van der Waals surface area contributed by atoms with Gasteiger partial charge in [0.1, 0.15) is 0 Å². The Morgan fingerprint density at radius 1 is 1.39 bits per heavy atom. The fraction of sp³-hybridized carbons (Fsp3) is 0.714. The average molecular weight is 462 g/mol. The zero-order valence-electron chi connectivity index (χ0n) is 12.9. The zero-order valence-corrected chi connectivity index (χ0v) is 16.1. The van der Waals surface area contributed by atoms with Gasteiger partial charge in [-0.1, -0.05) is 12.8 Å². The van der Waals surface area contributed by atoms with Gasteiger partial charge in [-0.05, 0) is 19.8 Å². The van der Waals surface area contributed by atoms with E-state index < -0.39 is 11.9 Å². The lowest BCUT2D eigenvalue weighted by Crippen LogP contribution is -2.42. The second kappa shape index (κ2) is 9.65. The van der Waals surface area contributed by atoms with Gasteiger partial charge in [-0.3, -0.25) is 4.99 Å². The van der Waals surface area contributed by atoms with E-state index in [9.17, 15) is 13.2 Å². The van der Waals surface area contributed by atoms with E-state index in [0.717, 1.165) is 42.1 Å². The molecule has 1 saturated carbocycles. The predicted octanol–water partition coefficient (Wildman–Crippen LogP) is 3.82. The number of aliphatic imine (C=N–C) groups is 1. The number of hydrogen-bond acceptors (Lipinski definition) is 3. The first-order valence-corrected chi connectivity index (χ1v) is 8.43. The van der Waals surface area contributed by atoms with Gasteiger partial charge in [0, 0.05) is 30.9 Å². The Balaban J connectivity index is 0.00000264. The van der Waals surface area contributed by atoms with Crippen LogP contribution in [0.5, 0.6) is 0 Å². The molecule has 1 aromatic heterocycles. The standard InChI is InChI=1S/C14H21F3N4S.HI/c1-2-18-13(20-10-5-3-4-6-10)19-8-7-12-21-11(9-22-12)14(15,16)17;/h9-10H,2-8H2,1H3,(H2,18,19,20);1H. The molecule has 1 heterocycles. The third-order valence-electron chi connectivity index (χ3n) is 3.48. The number of nitrogens with zero attached hydrogens (tertiary/aromatic N) is 2. The first-order chi connectivity index (χ1) is 10.5. The number of nitrogens with one attached hydrogen (secondary N) is 2. The minimum absolute atomic E-state index is 0. The van der Waals surface area contributed by atoms with Crippen LogP contribution in [0.1, 0.15) is 43.3 Å². The second-order valence-electron chi connectivity index (χ2n) is 5.26. The number of aromatic nitrogens is 1. The van der Waals surface area contributed by atoms with Crippen molar-refractivity contribution >= 4 is 41.3 Å². The van der Waals surface area contributed by atoms with Crippen molar-refractivity contribution in [3.05, 3.63) is 16.1 Å². The maximum atomic E-state index is 12.5. The van der Waals surface area contributed by atoms with Crippen LogP contribution >= 0.6 is 35.3 Å². The molecule has 1 aliphatic rings. The summed E-state index contributed by atoms with van der Waals surface area (Å²) >= 11 is 1.03. The Hall–Kier alpha value is -0.580. The SMILES string of the molecule is CCNC(=NCCc1nc(C(F)(F)F)cs1)NC1CCCC1.I. The van der Waals surface area contributed by atoms with E-state index in [0.29, 0.717) is 24.0 Å². The van der Waals surface area contributed by atoms with Gasteiger partial charge in [-0.15, -0.1) is 35.3 Å². The Kier molecular flexibility index (Phi) is 8.59. The lowest BCUT2D eigenvalue weighted by Gasteiger charge is -2.16. The predicted molar refractivity (Wildman–Crippen MR) is 97.6 cm³/mol. The first kappa shape index (κ1) is 20.5. The van der Waals surface area contributed by atoms with Crippen molar-refractivity contribution in [1.82, 2.24) is 15.6 Å². The van der Waals surface area contributed by atoms with Crippen molar-refractivity contribution in [2.45, 2.75) is 51.2 Å². The van der Waals surface area contributed by atoms with Crippen LogP contribution in [0.4, 0.5) is 13.2 Å². The molecule has 4 nitrogen and oxygen atoms in total. The summed E-state index contributed by atoms with van der Waals surface area (Å²) in [5, 5.41) is 8.06. The number of hydrogen-bond donors (Lipinski definition) is 2. The molecule has 0 radical (unpaired) electrons. The second-order valence-corrected chi connectivity index (χ2v) is 6.20. The van der Waals surface area contributed by atoms with Crippen LogP contribution in [-0.2, 0) is 12.6 Å². The zero-order chi connectivity index (χ0) is 16.0. The summed E-state index contributed by atoms with van der Waals surface area (Å²) in [5.74, 6) is 0.738. The monoisotopic (exact) mass is 462 g/mol. The van der Waals surface area contributed by atoms with E-state index >= 15 is 0 Å². The van der Waals surface area contributed by atoms with Crippen LogP contribution in [0.2, 0.25) is 0 Å². The van der Waals surface area contributed by atoms with E-state index in [1.165, 1.54) is 12.8 Å². The van der Waals surface area contributed by atoms with Gasteiger partial charge < -0.3 is 10.6 Å². The molecule has 1 aliphatic carbocycles. The lowest BCUT2D eigenvalue weighted by molar-refractivity contribution is -0.140. The summed E-state index contributed by atoms with van der Waals surface area (Å²) in [5.41, 5.74) is -0.813. The molecule has 0 aliphatic heterocycles. The fourth-order valence-electron chi connectivity index (χ4n) is 2.40. The molecular formula is C14H22F3IN4S. The van der Waals surface area contributed by atoms with Crippen LogP contribution in [0.25, 0.3) is 0 Å². The van der Waals surface area contributed by atoms with Gasteiger partial charge in [0.05, 0.1) is 5.01 Å². The molecule has 0 atom stereocenters. The molecule has 0 saturated heterocycles. The number of guanidine groups is 1. The molecule has 23 heavy (non-hydrogen) atoms. The summed E-state index contributed by atoms with van der Waals surface area (Å²) < 4.78 is 37.4. The molecule has 0 amide bonds. The van der Waals surface area contributed by atoms with E-state index in [1.807, 2.05) is 6.92 Å². The van der Waals surface area contributed by atoms with E-state index in [1.54, 1.807) is 0 Å². The number of rotatable bonds is 5. The quantitative estimate of drug-likeness (QED) is 0.398. The van der Waals surface area contributed by atoms with Gasteiger partial charge in [0.2, 0.25) is 0 Å². The van der Waals surface area contributed by atoms with Crippen LogP contribution in [-0.4, -0.2) is 30.1 Å². The molecule has 1 aromatic rings. The van der Waals surface area contributed by atoms with Crippen molar-refractivity contribution in [2.75, 3.05) is 13.1 Å². The fourth-order valence-corrected chi connectivity index (χ4v) is 3.20. The van der Waals surface area contributed by atoms with Gasteiger partial charge >= 0.3 is 6.18 Å². The number of halogens is 4. The number of alkyl halides is 3. The molecule has 9 heteroatoms. The molecular weight excluding hydrogens is 440 g/mol. The molecule has 0 bridgehead atoms. The highest BCUT2D eigenvalue weighted by atomic mass is 127. The third kappa shape index (κ3) is 6.82. The minimum Gasteiger partial charge on any atom is -0.357 e. The van der Waals surface area contributed by atoms with E-state index in [4.69, 9.17) is 0 Å². The Morgan fingerprint density at radius 2 is 2.09 bits per heavy atom. The first-order valence-electron chi connectivity index (χ1n) is 7.55. The van der Waals surface area contributed by atoms with Crippen LogP contribution < -0.4 is 10.6 Å².